The first kappa shape index (κ1) is 14.2. The monoisotopic (exact) mass is 276 g/mol. The van der Waals surface area contributed by atoms with E-state index in [0.717, 1.165) is 24.5 Å². The summed E-state index contributed by atoms with van der Waals surface area (Å²) in [6, 6.07) is 5.61. The zero-order valence-electron chi connectivity index (χ0n) is 11.8. The number of benzene rings is 1. The van der Waals surface area contributed by atoms with Crippen molar-refractivity contribution in [3.8, 4) is 0 Å². The Hall–Kier alpha value is -2.24. The zero-order chi connectivity index (χ0) is 14.5. The molecule has 0 aromatic heterocycles. The molecule has 0 saturated heterocycles. The molecule has 0 radical (unpaired) electrons. The lowest BCUT2D eigenvalue weighted by molar-refractivity contribution is -0.120. The van der Waals surface area contributed by atoms with Crippen molar-refractivity contribution in [2.45, 2.75) is 6.42 Å². The van der Waals surface area contributed by atoms with Gasteiger partial charge in [0.15, 0.2) is 0 Å². The molecule has 20 heavy (non-hydrogen) atoms. The first-order chi connectivity index (χ1) is 9.63. The second kappa shape index (κ2) is 6.27. The highest BCUT2D eigenvalue weighted by Gasteiger charge is 2.20. The summed E-state index contributed by atoms with van der Waals surface area (Å²) >= 11 is 0. The van der Waals surface area contributed by atoms with Gasteiger partial charge in [-0.25, -0.2) is 0 Å². The van der Waals surface area contributed by atoms with Gasteiger partial charge in [-0.1, -0.05) is 6.07 Å². The standard InChI is InChI=1S/C14H20N4O2/c1-15-12(19)6-9-18(2)14(20)10-4-3-5-11-13(10)17-8-7-16-11/h3-5,16-17H,6-9H2,1-2H3,(H,15,19). The van der Waals surface area contributed by atoms with Gasteiger partial charge in [0.2, 0.25) is 5.91 Å². The van der Waals surface area contributed by atoms with Crippen LogP contribution in [0.1, 0.15) is 16.8 Å². The summed E-state index contributed by atoms with van der Waals surface area (Å²) in [5.41, 5.74) is 2.42. The second-order valence-corrected chi connectivity index (χ2v) is 4.73. The third kappa shape index (κ3) is 3.01. The molecule has 1 aromatic carbocycles. The third-order valence-electron chi connectivity index (χ3n) is 3.34. The molecule has 0 bridgehead atoms. The van der Waals surface area contributed by atoms with Crippen LogP contribution in [-0.4, -0.2) is 50.4 Å². The maximum atomic E-state index is 12.4. The lowest BCUT2D eigenvalue weighted by Gasteiger charge is -2.24. The summed E-state index contributed by atoms with van der Waals surface area (Å²) in [5.74, 6) is -0.151. The average Bonchev–Trinajstić information content (AvgIpc) is 2.50. The Morgan fingerprint density at radius 3 is 2.80 bits per heavy atom. The minimum atomic E-state index is -0.0815. The van der Waals surface area contributed by atoms with Crippen LogP contribution in [0, 0.1) is 0 Å². The predicted octanol–water partition coefficient (Wildman–Crippen LogP) is 0.732. The summed E-state index contributed by atoms with van der Waals surface area (Å²) < 4.78 is 0. The maximum Gasteiger partial charge on any atom is 0.255 e. The normalized spacial score (nSPS) is 12.7. The lowest BCUT2D eigenvalue weighted by atomic mass is 10.1. The van der Waals surface area contributed by atoms with E-state index in [4.69, 9.17) is 0 Å². The minimum absolute atomic E-state index is 0.0699. The van der Waals surface area contributed by atoms with Gasteiger partial charge in [0.25, 0.3) is 5.91 Å². The van der Waals surface area contributed by atoms with E-state index in [1.807, 2.05) is 12.1 Å². The minimum Gasteiger partial charge on any atom is -0.382 e. The zero-order valence-corrected chi connectivity index (χ0v) is 11.8. The van der Waals surface area contributed by atoms with Crippen molar-refractivity contribution >= 4 is 23.2 Å². The molecule has 6 heteroatoms. The van der Waals surface area contributed by atoms with Gasteiger partial charge in [0, 0.05) is 40.2 Å². The van der Waals surface area contributed by atoms with Crippen LogP contribution in [0.4, 0.5) is 11.4 Å². The molecule has 1 aliphatic heterocycles. The van der Waals surface area contributed by atoms with Crippen molar-refractivity contribution in [1.82, 2.24) is 10.2 Å². The molecule has 0 spiro atoms. The van der Waals surface area contributed by atoms with Crippen LogP contribution < -0.4 is 16.0 Å². The smallest absolute Gasteiger partial charge is 0.255 e. The molecule has 0 atom stereocenters. The number of nitrogens with zero attached hydrogens (tertiary/aromatic N) is 1. The van der Waals surface area contributed by atoms with Gasteiger partial charge < -0.3 is 20.9 Å². The Kier molecular flexibility index (Phi) is 4.45. The molecular formula is C14H20N4O2. The van der Waals surface area contributed by atoms with Gasteiger partial charge in [0.1, 0.15) is 0 Å². The molecule has 0 aliphatic carbocycles. The van der Waals surface area contributed by atoms with Crippen LogP contribution in [-0.2, 0) is 4.79 Å². The van der Waals surface area contributed by atoms with E-state index >= 15 is 0 Å². The number of carbonyl (C=O) groups is 2. The summed E-state index contributed by atoms with van der Waals surface area (Å²) in [6.07, 6.45) is 0.305. The number of amides is 2. The van der Waals surface area contributed by atoms with Crippen LogP contribution in [0.15, 0.2) is 18.2 Å². The summed E-state index contributed by atoms with van der Waals surface area (Å²) in [5, 5.41) is 9.06. The summed E-state index contributed by atoms with van der Waals surface area (Å²) in [4.78, 5) is 25.3. The molecule has 2 rings (SSSR count). The predicted molar refractivity (Wildman–Crippen MR) is 79.1 cm³/mol. The van der Waals surface area contributed by atoms with Gasteiger partial charge >= 0.3 is 0 Å². The van der Waals surface area contributed by atoms with Crippen LogP contribution in [0.25, 0.3) is 0 Å². The van der Waals surface area contributed by atoms with E-state index in [2.05, 4.69) is 16.0 Å². The van der Waals surface area contributed by atoms with Crippen LogP contribution in [0.3, 0.4) is 0 Å². The van der Waals surface area contributed by atoms with E-state index in [9.17, 15) is 9.59 Å². The van der Waals surface area contributed by atoms with Crippen molar-refractivity contribution in [3.63, 3.8) is 0 Å². The fourth-order valence-electron chi connectivity index (χ4n) is 2.15. The first-order valence-electron chi connectivity index (χ1n) is 6.70. The number of hydrogen-bond donors (Lipinski definition) is 3. The van der Waals surface area contributed by atoms with E-state index < -0.39 is 0 Å². The highest BCUT2D eigenvalue weighted by atomic mass is 16.2. The molecule has 0 saturated carbocycles. The van der Waals surface area contributed by atoms with Crippen LogP contribution >= 0.6 is 0 Å². The molecule has 0 unspecified atom stereocenters. The Balaban J connectivity index is 2.11. The highest BCUT2D eigenvalue weighted by molar-refractivity contribution is 6.02. The largest absolute Gasteiger partial charge is 0.382 e. The fraction of sp³-hybridized carbons (Fsp3) is 0.429. The Morgan fingerprint density at radius 2 is 2.05 bits per heavy atom. The summed E-state index contributed by atoms with van der Waals surface area (Å²) in [7, 11) is 3.30. The van der Waals surface area contributed by atoms with E-state index in [1.165, 1.54) is 0 Å². The number of hydrogen-bond acceptors (Lipinski definition) is 4. The first-order valence-corrected chi connectivity index (χ1v) is 6.70. The molecule has 1 aromatic rings. The second-order valence-electron chi connectivity index (χ2n) is 4.73. The number of fused-ring (bicyclic) bond motifs is 1. The maximum absolute atomic E-state index is 12.4. The van der Waals surface area contributed by atoms with Crippen molar-refractivity contribution in [1.29, 1.82) is 0 Å². The van der Waals surface area contributed by atoms with Gasteiger partial charge in [-0.3, -0.25) is 9.59 Å². The molecule has 3 N–H and O–H groups in total. The molecule has 0 fully saturated rings. The van der Waals surface area contributed by atoms with Crippen molar-refractivity contribution < 1.29 is 9.59 Å². The molecule has 2 amide bonds. The Bertz CT molecular complexity index is 516. The van der Waals surface area contributed by atoms with E-state index in [0.29, 0.717) is 18.5 Å². The average molecular weight is 276 g/mol. The van der Waals surface area contributed by atoms with Crippen molar-refractivity contribution in [2.24, 2.45) is 0 Å². The van der Waals surface area contributed by atoms with Gasteiger partial charge in [0.05, 0.1) is 16.9 Å². The number of rotatable bonds is 4. The SMILES string of the molecule is CNC(=O)CCN(C)C(=O)c1cccc2c1NCCN2. The van der Waals surface area contributed by atoms with Crippen molar-refractivity contribution in [3.05, 3.63) is 23.8 Å². The molecule has 108 valence electrons. The molecule has 1 aliphatic rings. The van der Waals surface area contributed by atoms with Crippen LogP contribution in [0.5, 0.6) is 0 Å². The molecule has 6 nitrogen and oxygen atoms in total. The molecular weight excluding hydrogens is 256 g/mol. The van der Waals surface area contributed by atoms with Crippen LogP contribution in [0.2, 0.25) is 0 Å². The van der Waals surface area contributed by atoms with Gasteiger partial charge in [-0.2, -0.15) is 0 Å². The number of nitrogens with one attached hydrogen (secondary N) is 3. The topological polar surface area (TPSA) is 73.5 Å². The Morgan fingerprint density at radius 1 is 1.30 bits per heavy atom. The van der Waals surface area contributed by atoms with E-state index in [-0.39, 0.29) is 11.8 Å². The van der Waals surface area contributed by atoms with Gasteiger partial charge in [-0.15, -0.1) is 0 Å². The fourth-order valence-corrected chi connectivity index (χ4v) is 2.15. The number of para-hydroxylation sites is 1. The lowest BCUT2D eigenvalue weighted by Crippen LogP contribution is -2.32. The molecule has 1 heterocycles. The van der Waals surface area contributed by atoms with Crippen molar-refractivity contribution in [2.75, 3.05) is 44.4 Å². The summed E-state index contributed by atoms with van der Waals surface area (Å²) in [6.45, 7) is 2.03. The van der Waals surface area contributed by atoms with E-state index in [1.54, 1.807) is 25.1 Å². The quantitative estimate of drug-likeness (QED) is 0.758. The Labute approximate surface area is 118 Å². The highest BCUT2D eigenvalue weighted by Crippen LogP contribution is 2.28. The number of carbonyl (C=O) groups excluding carboxylic acids is 2. The van der Waals surface area contributed by atoms with Gasteiger partial charge in [-0.05, 0) is 12.1 Å². The number of anilines is 2. The third-order valence-corrected chi connectivity index (χ3v) is 3.34.